The summed E-state index contributed by atoms with van der Waals surface area (Å²) in [4.78, 5) is 18.4. The van der Waals surface area contributed by atoms with Crippen LogP contribution in [0.4, 0.5) is 0 Å². The largest absolute Gasteiger partial charge is 0.389 e. The van der Waals surface area contributed by atoms with Crippen LogP contribution in [0.2, 0.25) is 5.02 Å². The van der Waals surface area contributed by atoms with E-state index in [-0.39, 0.29) is 5.91 Å². The Morgan fingerprint density at radius 2 is 1.66 bits per heavy atom. The molecule has 1 saturated carbocycles. The molecular weight excluding hydrogens is 384 g/mol. The predicted octanol–water partition coefficient (Wildman–Crippen LogP) is 4.60. The zero-order valence-electron chi connectivity index (χ0n) is 17.5. The van der Waals surface area contributed by atoms with E-state index >= 15 is 0 Å². The van der Waals surface area contributed by atoms with E-state index in [0.717, 1.165) is 50.8 Å². The predicted molar refractivity (Wildman–Crippen MR) is 117 cm³/mol. The maximum Gasteiger partial charge on any atom is 0.233 e. The van der Waals surface area contributed by atoms with Gasteiger partial charge in [0.15, 0.2) is 0 Å². The molecule has 1 atom stereocenters. The lowest BCUT2D eigenvalue weighted by Gasteiger charge is -2.44. The van der Waals surface area contributed by atoms with Crippen molar-refractivity contribution in [3.8, 4) is 0 Å². The summed E-state index contributed by atoms with van der Waals surface area (Å²) in [7, 11) is 0. The summed E-state index contributed by atoms with van der Waals surface area (Å²) in [5.74, 6) is -0.415. The highest BCUT2D eigenvalue weighted by atomic mass is 35.5. The fraction of sp³-hybridized carbons (Fsp3) is 0.708. The highest BCUT2D eigenvalue weighted by Crippen LogP contribution is 2.42. The van der Waals surface area contributed by atoms with Crippen molar-refractivity contribution in [2.45, 2.75) is 81.8 Å². The molecule has 1 N–H and O–H groups in total. The van der Waals surface area contributed by atoms with Crippen LogP contribution in [0, 0.1) is 0 Å². The van der Waals surface area contributed by atoms with Crippen LogP contribution in [0.15, 0.2) is 24.3 Å². The van der Waals surface area contributed by atoms with Crippen molar-refractivity contribution in [2.75, 3.05) is 26.2 Å². The highest BCUT2D eigenvalue weighted by Gasteiger charge is 2.45. The number of amides is 1. The van der Waals surface area contributed by atoms with E-state index in [0.29, 0.717) is 23.9 Å². The molecule has 3 fully saturated rings. The smallest absolute Gasteiger partial charge is 0.233 e. The van der Waals surface area contributed by atoms with Gasteiger partial charge in [0.1, 0.15) is 0 Å². The van der Waals surface area contributed by atoms with Gasteiger partial charge in [0.2, 0.25) is 5.91 Å². The molecule has 29 heavy (non-hydrogen) atoms. The number of rotatable bonds is 4. The van der Waals surface area contributed by atoms with Crippen molar-refractivity contribution < 1.29 is 9.90 Å². The van der Waals surface area contributed by atoms with Crippen LogP contribution in [-0.4, -0.2) is 58.6 Å². The van der Waals surface area contributed by atoms with Crippen LogP contribution in [0.25, 0.3) is 0 Å². The van der Waals surface area contributed by atoms with Crippen molar-refractivity contribution in [1.29, 1.82) is 0 Å². The van der Waals surface area contributed by atoms with Crippen LogP contribution in [0.1, 0.15) is 75.7 Å². The van der Waals surface area contributed by atoms with Crippen molar-refractivity contribution >= 4 is 17.5 Å². The Hall–Kier alpha value is -1.10. The van der Waals surface area contributed by atoms with Gasteiger partial charge in [-0.25, -0.2) is 0 Å². The average molecular weight is 419 g/mol. The van der Waals surface area contributed by atoms with E-state index < -0.39 is 11.5 Å². The first-order valence-corrected chi connectivity index (χ1v) is 12.0. The van der Waals surface area contributed by atoms with E-state index in [1.807, 2.05) is 29.2 Å². The monoisotopic (exact) mass is 418 g/mol. The molecule has 2 aliphatic heterocycles. The molecule has 3 aliphatic rings. The second kappa shape index (κ2) is 9.36. The first-order valence-electron chi connectivity index (χ1n) is 11.6. The number of hydrogen-bond donors (Lipinski definition) is 1. The van der Waals surface area contributed by atoms with Crippen molar-refractivity contribution in [3.05, 3.63) is 34.9 Å². The van der Waals surface area contributed by atoms with E-state index in [2.05, 4.69) is 4.90 Å². The fourth-order valence-electron chi connectivity index (χ4n) is 5.74. The number of piperidine rings is 2. The van der Waals surface area contributed by atoms with Crippen molar-refractivity contribution in [3.63, 3.8) is 0 Å². The third-order valence-electron chi connectivity index (χ3n) is 7.37. The van der Waals surface area contributed by atoms with Crippen LogP contribution in [0.5, 0.6) is 0 Å². The first-order chi connectivity index (χ1) is 14.1. The fourth-order valence-corrected chi connectivity index (χ4v) is 5.94. The second-order valence-electron chi connectivity index (χ2n) is 9.31. The number of halogens is 1. The Morgan fingerprint density at radius 3 is 2.31 bits per heavy atom. The molecule has 1 amide bonds. The second-order valence-corrected chi connectivity index (χ2v) is 9.74. The zero-order chi connectivity index (χ0) is 20.3. The number of carbonyl (C=O) groups is 1. The molecule has 2 saturated heterocycles. The summed E-state index contributed by atoms with van der Waals surface area (Å²) >= 11 is 6.26. The lowest BCUT2D eigenvalue weighted by atomic mass is 9.72. The van der Waals surface area contributed by atoms with Crippen LogP contribution in [-0.2, 0) is 4.79 Å². The maximum atomic E-state index is 13.7. The van der Waals surface area contributed by atoms with Gasteiger partial charge in [0.05, 0.1) is 11.5 Å². The summed E-state index contributed by atoms with van der Waals surface area (Å²) in [6.45, 7) is 4.02. The SMILES string of the molecule is O=C(C(c1cccc(Cl)c1)C1(O)CCCCC1)N1CCC(N2CCCCC2)CC1. The van der Waals surface area contributed by atoms with Gasteiger partial charge in [-0.3, -0.25) is 4.79 Å². The molecule has 5 heteroatoms. The minimum absolute atomic E-state index is 0.0914. The Labute approximate surface area is 180 Å². The Kier molecular flexibility index (Phi) is 6.83. The molecule has 1 aromatic carbocycles. The molecule has 4 rings (SSSR count). The molecule has 1 aromatic rings. The van der Waals surface area contributed by atoms with E-state index in [1.54, 1.807) is 0 Å². The summed E-state index contributed by atoms with van der Waals surface area (Å²) in [5, 5.41) is 12.2. The molecule has 1 aliphatic carbocycles. The van der Waals surface area contributed by atoms with Gasteiger partial charge in [-0.05, 0) is 69.3 Å². The van der Waals surface area contributed by atoms with Gasteiger partial charge >= 0.3 is 0 Å². The van der Waals surface area contributed by atoms with Gasteiger partial charge in [-0.1, -0.05) is 49.4 Å². The number of nitrogens with zero attached hydrogens (tertiary/aromatic N) is 2. The van der Waals surface area contributed by atoms with Crippen LogP contribution in [0.3, 0.4) is 0 Å². The summed E-state index contributed by atoms with van der Waals surface area (Å²) < 4.78 is 0. The Bertz CT molecular complexity index is 690. The van der Waals surface area contributed by atoms with Gasteiger partial charge < -0.3 is 14.9 Å². The highest BCUT2D eigenvalue weighted by molar-refractivity contribution is 6.30. The van der Waals surface area contributed by atoms with Gasteiger partial charge in [0, 0.05) is 24.2 Å². The van der Waals surface area contributed by atoms with E-state index in [9.17, 15) is 9.90 Å². The molecule has 0 spiro atoms. The third kappa shape index (κ3) is 4.81. The van der Waals surface area contributed by atoms with Gasteiger partial charge in [-0.2, -0.15) is 0 Å². The lowest BCUT2D eigenvalue weighted by molar-refractivity contribution is -0.143. The van der Waals surface area contributed by atoms with Gasteiger partial charge in [0.25, 0.3) is 0 Å². The Morgan fingerprint density at radius 1 is 1.00 bits per heavy atom. The summed E-state index contributed by atoms with van der Waals surface area (Å²) in [6, 6.07) is 8.18. The molecule has 0 bridgehead atoms. The minimum Gasteiger partial charge on any atom is -0.389 e. The minimum atomic E-state index is -0.955. The molecule has 1 unspecified atom stereocenters. The summed E-state index contributed by atoms with van der Waals surface area (Å²) in [6.07, 6.45) is 10.6. The number of benzene rings is 1. The van der Waals surface area contributed by atoms with Crippen LogP contribution < -0.4 is 0 Å². The average Bonchev–Trinajstić information content (AvgIpc) is 2.75. The first kappa shape index (κ1) is 21.1. The molecule has 4 nitrogen and oxygen atoms in total. The summed E-state index contributed by atoms with van der Waals surface area (Å²) in [5.41, 5.74) is -0.0888. The molecule has 0 radical (unpaired) electrons. The van der Waals surface area contributed by atoms with Crippen LogP contribution >= 0.6 is 11.6 Å². The standard InChI is InChI=1S/C24H35ClN2O2/c25-20-9-7-8-19(18-20)22(24(29)12-3-1-4-13-24)23(28)27-16-10-21(11-17-27)26-14-5-2-6-15-26/h7-9,18,21-22,29H,1-6,10-17H2. The third-order valence-corrected chi connectivity index (χ3v) is 7.60. The van der Waals surface area contributed by atoms with Crippen molar-refractivity contribution in [2.24, 2.45) is 0 Å². The van der Waals surface area contributed by atoms with Gasteiger partial charge in [-0.15, -0.1) is 0 Å². The molecule has 160 valence electrons. The Balaban J connectivity index is 1.49. The molecule has 0 aromatic heterocycles. The quantitative estimate of drug-likeness (QED) is 0.777. The number of likely N-dealkylation sites (tertiary alicyclic amines) is 2. The number of aliphatic hydroxyl groups is 1. The normalized spacial score (nSPS) is 25.0. The topological polar surface area (TPSA) is 43.8 Å². The van der Waals surface area contributed by atoms with E-state index in [1.165, 1.54) is 32.4 Å². The van der Waals surface area contributed by atoms with Crippen molar-refractivity contribution in [1.82, 2.24) is 9.80 Å². The number of carbonyl (C=O) groups excluding carboxylic acids is 1. The molecular formula is C24H35ClN2O2. The molecule has 2 heterocycles. The van der Waals surface area contributed by atoms with E-state index in [4.69, 9.17) is 11.6 Å². The zero-order valence-corrected chi connectivity index (χ0v) is 18.2. The maximum absolute atomic E-state index is 13.7. The lowest BCUT2D eigenvalue weighted by Crippen LogP contribution is -2.52. The number of hydrogen-bond acceptors (Lipinski definition) is 3.